The summed E-state index contributed by atoms with van der Waals surface area (Å²) in [6.45, 7) is 3.78. The molecule has 3 rings (SSSR count). The highest BCUT2D eigenvalue weighted by atomic mass is 16.4. The standard InChI is InChI=1S/C11H14N2O2.C9H7NO4/c1-3-12-10(14)11(15)13-9-6-4-8(2)5-7-9;11-8(12)5-10-6-3-1-2-4-7(6)14-9(10)13/h4-7H,3H2,1-2H3,(H,12,14)(H,13,15);1-4H,5H2,(H,11,12). The summed E-state index contributed by atoms with van der Waals surface area (Å²) in [6, 6.07) is 13.9. The molecule has 0 spiro atoms. The number of aliphatic carboxylic acids is 1. The van der Waals surface area contributed by atoms with E-state index >= 15 is 0 Å². The number of para-hydroxylation sites is 2. The molecule has 3 aromatic rings. The van der Waals surface area contributed by atoms with Gasteiger partial charge in [0.2, 0.25) is 0 Å². The highest BCUT2D eigenvalue weighted by Gasteiger charge is 2.12. The van der Waals surface area contributed by atoms with Crippen LogP contribution in [0.25, 0.3) is 11.1 Å². The summed E-state index contributed by atoms with van der Waals surface area (Å²) in [4.78, 5) is 44.0. The summed E-state index contributed by atoms with van der Waals surface area (Å²) in [5, 5.41) is 13.5. The van der Waals surface area contributed by atoms with Crippen LogP contribution in [0, 0.1) is 6.92 Å². The number of oxazole rings is 1. The van der Waals surface area contributed by atoms with E-state index in [2.05, 4.69) is 10.6 Å². The van der Waals surface area contributed by atoms with Gasteiger partial charge in [0, 0.05) is 12.2 Å². The molecule has 0 unspecified atom stereocenters. The molecule has 0 saturated carbocycles. The molecular weight excluding hydrogens is 378 g/mol. The molecule has 29 heavy (non-hydrogen) atoms. The molecule has 0 bridgehead atoms. The van der Waals surface area contributed by atoms with E-state index in [4.69, 9.17) is 9.52 Å². The van der Waals surface area contributed by atoms with Gasteiger partial charge in [-0.05, 0) is 38.1 Å². The number of aromatic nitrogens is 1. The molecule has 1 aromatic heterocycles. The van der Waals surface area contributed by atoms with Crippen molar-refractivity contribution in [3.63, 3.8) is 0 Å². The second-order valence-corrected chi connectivity index (χ2v) is 6.00. The number of carboxylic acids is 1. The lowest BCUT2D eigenvalue weighted by atomic mass is 10.2. The summed E-state index contributed by atoms with van der Waals surface area (Å²) >= 11 is 0. The zero-order chi connectivity index (χ0) is 21.4. The minimum absolute atomic E-state index is 0.379. The van der Waals surface area contributed by atoms with E-state index < -0.39 is 23.5 Å². The number of benzene rings is 2. The maximum Gasteiger partial charge on any atom is 0.420 e. The first kappa shape index (κ1) is 21.4. The molecule has 0 atom stereocenters. The third-order valence-electron chi connectivity index (χ3n) is 3.72. The zero-order valence-corrected chi connectivity index (χ0v) is 16.0. The van der Waals surface area contributed by atoms with Crippen molar-refractivity contribution in [1.82, 2.24) is 9.88 Å². The van der Waals surface area contributed by atoms with Gasteiger partial charge in [-0.15, -0.1) is 0 Å². The largest absolute Gasteiger partial charge is 0.480 e. The van der Waals surface area contributed by atoms with Gasteiger partial charge in [-0.2, -0.15) is 0 Å². The second-order valence-electron chi connectivity index (χ2n) is 6.00. The lowest BCUT2D eigenvalue weighted by Gasteiger charge is -2.04. The fraction of sp³-hybridized carbons (Fsp3) is 0.200. The smallest absolute Gasteiger partial charge is 0.420 e. The number of carbonyl (C=O) groups excluding carboxylic acids is 2. The number of amides is 2. The summed E-state index contributed by atoms with van der Waals surface area (Å²) in [5.74, 6) is -2.97. The Morgan fingerprint density at radius 2 is 1.69 bits per heavy atom. The number of fused-ring (bicyclic) bond motifs is 1. The fourth-order valence-electron chi connectivity index (χ4n) is 2.36. The Morgan fingerprint density at radius 3 is 2.31 bits per heavy atom. The van der Waals surface area contributed by atoms with Crippen LogP contribution < -0.4 is 16.4 Å². The van der Waals surface area contributed by atoms with Crippen molar-refractivity contribution in [3.05, 3.63) is 64.6 Å². The zero-order valence-electron chi connectivity index (χ0n) is 16.0. The normalized spacial score (nSPS) is 10.0. The Labute approximate surface area is 165 Å². The number of carbonyl (C=O) groups is 3. The first-order chi connectivity index (χ1) is 13.8. The summed E-state index contributed by atoms with van der Waals surface area (Å²) in [7, 11) is 0. The molecule has 2 amide bonds. The van der Waals surface area contributed by atoms with Crippen LogP contribution in [0.5, 0.6) is 0 Å². The predicted molar refractivity (Wildman–Crippen MR) is 107 cm³/mol. The summed E-state index contributed by atoms with van der Waals surface area (Å²) in [5.41, 5.74) is 2.63. The lowest BCUT2D eigenvalue weighted by molar-refractivity contribution is -0.137. The summed E-state index contributed by atoms with van der Waals surface area (Å²) < 4.78 is 5.92. The topological polar surface area (TPSA) is 131 Å². The number of anilines is 1. The van der Waals surface area contributed by atoms with Crippen LogP contribution in [-0.2, 0) is 20.9 Å². The van der Waals surface area contributed by atoms with E-state index in [0.29, 0.717) is 23.3 Å². The van der Waals surface area contributed by atoms with Gasteiger partial charge in [-0.25, -0.2) is 4.79 Å². The predicted octanol–water partition coefficient (Wildman–Crippen LogP) is 1.75. The van der Waals surface area contributed by atoms with E-state index in [1.165, 1.54) is 0 Å². The molecule has 9 nitrogen and oxygen atoms in total. The minimum Gasteiger partial charge on any atom is -0.480 e. The molecule has 0 fully saturated rings. The van der Waals surface area contributed by atoms with Crippen LogP contribution in [0.1, 0.15) is 12.5 Å². The Bertz CT molecular complexity index is 1070. The van der Waals surface area contributed by atoms with Gasteiger partial charge in [0.1, 0.15) is 6.54 Å². The number of aryl methyl sites for hydroxylation is 1. The van der Waals surface area contributed by atoms with Crippen molar-refractivity contribution in [2.24, 2.45) is 0 Å². The SMILES string of the molecule is CCNC(=O)C(=O)Nc1ccc(C)cc1.O=C(O)Cn1c(=O)oc2ccccc21. The lowest BCUT2D eigenvalue weighted by Crippen LogP contribution is -2.35. The molecule has 152 valence electrons. The Morgan fingerprint density at radius 1 is 1.03 bits per heavy atom. The maximum atomic E-state index is 11.3. The molecule has 0 aliphatic heterocycles. The highest BCUT2D eigenvalue weighted by Crippen LogP contribution is 2.11. The molecule has 0 aliphatic carbocycles. The number of hydrogen-bond acceptors (Lipinski definition) is 5. The fourth-order valence-corrected chi connectivity index (χ4v) is 2.36. The van der Waals surface area contributed by atoms with Gasteiger partial charge >= 0.3 is 23.5 Å². The third-order valence-corrected chi connectivity index (χ3v) is 3.72. The summed E-state index contributed by atoms with van der Waals surface area (Å²) in [6.07, 6.45) is 0. The molecular formula is C20H21N3O6. The number of rotatable bonds is 4. The molecule has 0 radical (unpaired) electrons. The van der Waals surface area contributed by atoms with E-state index in [1.54, 1.807) is 43.3 Å². The van der Waals surface area contributed by atoms with Crippen LogP contribution in [0.2, 0.25) is 0 Å². The third kappa shape index (κ3) is 6.06. The van der Waals surface area contributed by atoms with Crippen LogP contribution in [0.15, 0.2) is 57.7 Å². The first-order valence-corrected chi connectivity index (χ1v) is 8.77. The minimum atomic E-state index is -1.07. The second kappa shape index (κ2) is 9.88. The maximum absolute atomic E-state index is 11.3. The Balaban J connectivity index is 0.000000207. The molecule has 1 heterocycles. The monoisotopic (exact) mass is 399 g/mol. The van der Waals surface area contributed by atoms with Gasteiger partial charge < -0.3 is 20.2 Å². The first-order valence-electron chi connectivity index (χ1n) is 8.77. The Kier molecular flexibility index (Phi) is 7.30. The van der Waals surface area contributed by atoms with Crippen LogP contribution >= 0.6 is 0 Å². The molecule has 0 aliphatic rings. The molecule has 0 saturated heterocycles. The number of nitrogens with one attached hydrogen (secondary N) is 2. The number of nitrogens with zero attached hydrogens (tertiary/aromatic N) is 1. The van der Waals surface area contributed by atoms with Crippen LogP contribution in [-0.4, -0.2) is 34.0 Å². The van der Waals surface area contributed by atoms with Crippen molar-refractivity contribution in [2.45, 2.75) is 20.4 Å². The molecule has 2 aromatic carbocycles. The van der Waals surface area contributed by atoms with Crippen molar-refractivity contribution < 1.29 is 23.9 Å². The van der Waals surface area contributed by atoms with Gasteiger partial charge in [0.05, 0.1) is 5.52 Å². The van der Waals surface area contributed by atoms with Gasteiger partial charge in [-0.1, -0.05) is 29.8 Å². The van der Waals surface area contributed by atoms with Crippen molar-refractivity contribution >= 4 is 34.6 Å². The van der Waals surface area contributed by atoms with E-state index in [1.807, 2.05) is 19.1 Å². The van der Waals surface area contributed by atoms with E-state index in [9.17, 15) is 19.2 Å². The number of carboxylic acid groups (broad SMARTS) is 1. The van der Waals surface area contributed by atoms with E-state index in [0.717, 1.165) is 10.1 Å². The average molecular weight is 399 g/mol. The molecule has 9 heteroatoms. The van der Waals surface area contributed by atoms with Gasteiger partial charge in [0.25, 0.3) is 0 Å². The van der Waals surface area contributed by atoms with Crippen molar-refractivity contribution in [1.29, 1.82) is 0 Å². The van der Waals surface area contributed by atoms with Crippen molar-refractivity contribution in [2.75, 3.05) is 11.9 Å². The average Bonchev–Trinajstić information content (AvgIpc) is 2.99. The number of hydrogen-bond donors (Lipinski definition) is 3. The molecule has 3 N–H and O–H groups in total. The van der Waals surface area contributed by atoms with Gasteiger partial charge in [-0.3, -0.25) is 19.0 Å². The Hall–Kier alpha value is -3.88. The van der Waals surface area contributed by atoms with E-state index in [-0.39, 0.29) is 6.54 Å². The van der Waals surface area contributed by atoms with Crippen LogP contribution in [0.3, 0.4) is 0 Å². The quantitative estimate of drug-likeness (QED) is 0.573. The highest BCUT2D eigenvalue weighted by molar-refractivity contribution is 6.39. The van der Waals surface area contributed by atoms with Crippen molar-refractivity contribution in [3.8, 4) is 0 Å². The van der Waals surface area contributed by atoms with Gasteiger partial charge in [0.15, 0.2) is 5.58 Å². The number of likely N-dealkylation sites (N-methyl/N-ethyl adjacent to an activating group) is 1. The van der Waals surface area contributed by atoms with Crippen LogP contribution in [0.4, 0.5) is 5.69 Å².